The fourth-order valence-corrected chi connectivity index (χ4v) is 1.83. The zero-order valence-electron chi connectivity index (χ0n) is 11.8. The van der Waals surface area contributed by atoms with Crippen LogP contribution in [0.2, 0.25) is 0 Å². The van der Waals surface area contributed by atoms with Gasteiger partial charge in [-0.15, -0.1) is 0 Å². The third kappa shape index (κ3) is 3.45. The van der Waals surface area contributed by atoms with Crippen molar-refractivity contribution in [3.05, 3.63) is 53.6 Å². The first kappa shape index (κ1) is 14.7. The second-order valence-corrected chi connectivity index (χ2v) is 4.28. The quantitative estimate of drug-likeness (QED) is 0.857. The number of esters is 1. The van der Waals surface area contributed by atoms with Crippen molar-refractivity contribution in [3.8, 4) is 17.2 Å². The second kappa shape index (κ2) is 6.65. The maximum atomic E-state index is 11.7. The molecule has 0 atom stereocenters. The van der Waals surface area contributed by atoms with Crippen LogP contribution in [0.1, 0.15) is 15.9 Å². The van der Waals surface area contributed by atoms with E-state index in [1.807, 2.05) is 24.3 Å². The van der Waals surface area contributed by atoms with E-state index in [1.165, 1.54) is 13.2 Å². The largest absolute Gasteiger partial charge is 0.507 e. The van der Waals surface area contributed by atoms with E-state index in [2.05, 4.69) is 4.74 Å². The number of ether oxygens (including phenoxy) is 3. The number of phenolic OH excluding ortho intramolecular Hbond substituents is 1. The lowest BCUT2D eigenvalue weighted by molar-refractivity contribution is 0.0592. The van der Waals surface area contributed by atoms with Crippen molar-refractivity contribution in [1.82, 2.24) is 0 Å². The summed E-state index contributed by atoms with van der Waals surface area (Å²) in [6.45, 7) is 0.261. The van der Waals surface area contributed by atoms with Crippen molar-refractivity contribution in [2.45, 2.75) is 6.61 Å². The molecule has 0 saturated heterocycles. The molecule has 21 heavy (non-hydrogen) atoms. The number of hydrogen-bond donors (Lipinski definition) is 1. The van der Waals surface area contributed by atoms with Crippen LogP contribution in [0, 0.1) is 0 Å². The number of hydrogen-bond acceptors (Lipinski definition) is 5. The minimum absolute atomic E-state index is 0.0218. The summed E-state index contributed by atoms with van der Waals surface area (Å²) in [5, 5.41) is 9.76. The Morgan fingerprint density at radius 1 is 1.10 bits per heavy atom. The average molecular weight is 288 g/mol. The molecule has 0 amide bonds. The lowest BCUT2D eigenvalue weighted by Crippen LogP contribution is -2.06. The molecule has 0 saturated carbocycles. The van der Waals surface area contributed by atoms with E-state index in [0.717, 1.165) is 11.3 Å². The van der Waals surface area contributed by atoms with Crippen molar-refractivity contribution in [2.75, 3.05) is 14.2 Å². The van der Waals surface area contributed by atoms with E-state index in [-0.39, 0.29) is 23.7 Å². The van der Waals surface area contributed by atoms with Crippen molar-refractivity contribution >= 4 is 5.97 Å². The molecule has 1 N–H and O–H groups in total. The molecular weight excluding hydrogens is 272 g/mol. The van der Waals surface area contributed by atoms with Gasteiger partial charge in [-0.05, 0) is 29.8 Å². The zero-order chi connectivity index (χ0) is 15.2. The number of phenols is 1. The Morgan fingerprint density at radius 2 is 1.81 bits per heavy atom. The predicted octanol–water partition coefficient (Wildman–Crippen LogP) is 2.77. The van der Waals surface area contributed by atoms with E-state index < -0.39 is 5.97 Å². The van der Waals surface area contributed by atoms with Crippen LogP contribution in [0.25, 0.3) is 0 Å². The van der Waals surface area contributed by atoms with Gasteiger partial charge in [-0.25, -0.2) is 4.79 Å². The Bertz CT molecular complexity index is 619. The van der Waals surface area contributed by atoms with Gasteiger partial charge in [0.15, 0.2) is 0 Å². The minimum Gasteiger partial charge on any atom is -0.507 e. The smallest absolute Gasteiger partial charge is 0.345 e. The van der Waals surface area contributed by atoms with Crippen LogP contribution in [0.3, 0.4) is 0 Å². The van der Waals surface area contributed by atoms with Crippen molar-refractivity contribution in [1.29, 1.82) is 0 Å². The number of benzene rings is 2. The Labute approximate surface area is 122 Å². The summed E-state index contributed by atoms with van der Waals surface area (Å²) in [6.07, 6.45) is 0. The molecule has 2 rings (SSSR count). The molecule has 5 nitrogen and oxygen atoms in total. The van der Waals surface area contributed by atoms with Crippen LogP contribution in [0.4, 0.5) is 0 Å². The van der Waals surface area contributed by atoms with E-state index in [9.17, 15) is 9.90 Å². The van der Waals surface area contributed by atoms with Crippen LogP contribution < -0.4 is 9.47 Å². The number of methoxy groups -OCH3 is 2. The van der Waals surface area contributed by atoms with Gasteiger partial charge in [0.2, 0.25) is 0 Å². The van der Waals surface area contributed by atoms with Gasteiger partial charge in [0, 0.05) is 0 Å². The number of carbonyl (C=O) groups is 1. The summed E-state index contributed by atoms with van der Waals surface area (Å²) in [4.78, 5) is 11.7. The lowest BCUT2D eigenvalue weighted by atomic mass is 10.1. The normalized spacial score (nSPS) is 10.0. The highest BCUT2D eigenvalue weighted by Gasteiger charge is 2.18. The molecule has 0 aromatic heterocycles. The number of aromatic hydroxyl groups is 1. The summed E-state index contributed by atoms with van der Waals surface area (Å²) in [5.74, 6) is 0.218. The van der Waals surface area contributed by atoms with Gasteiger partial charge < -0.3 is 19.3 Å². The SMILES string of the molecule is COC(=O)c1c(O)cccc1OCc1ccc(OC)cc1. The fourth-order valence-electron chi connectivity index (χ4n) is 1.83. The molecule has 0 aliphatic carbocycles. The lowest BCUT2D eigenvalue weighted by Gasteiger charge is -2.11. The molecule has 0 aliphatic rings. The van der Waals surface area contributed by atoms with Gasteiger partial charge in [-0.1, -0.05) is 18.2 Å². The van der Waals surface area contributed by atoms with Gasteiger partial charge in [-0.2, -0.15) is 0 Å². The van der Waals surface area contributed by atoms with E-state index in [0.29, 0.717) is 0 Å². The molecule has 0 unspecified atom stereocenters. The highest BCUT2D eigenvalue weighted by Crippen LogP contribution is 2.28. The minimum atomic E-state index is -0.641. The van der Waals surface area contributed by atoms with Gasteiger partial charge in [0.25, 0.3) is 0 Å². The van der Waals surface area contributed by atoms with Crippen molar-refractivity contribution in [2.24, 2.45) is 0 Å². The fraction of sp³-hybridized carbons (Fsp3) is 0.188. The molecule has 0 bridgehead atoms. The average Bonchev–Trinajstić information content (AvgIpc) is 2.52. The van der Waals surface area contributed by atoms with E-state index in [1.54, 1.807) is 19.2 Å². The highest BCUT2D eigenvalue weighted by molar-refractivity contribution is 5.95. The molecule has 0 radical (unpaired) electrons. The molecule has 0 heterocycles. The molecular formula is C16H16O5. The van der Waals surface area contributed by atoms with Gasteiger partial charge in [0.1, 0.15) is 29.4 Å². The summed E-state index contributed by atoms with van der Waals surface area (Å²) in [5.41, 5.74) is 0.934. The van der Waals surface area contributed by atoms with Crippen LogP contribution in [-0.4, -0.2) is 25.3 Å². The van der Waals surface area contributed by atoms with Crippen molar-refractivity contribution in [3.63, 3.8) is 0 Å². The molecule has 0 spiro atoms. The third-order valence-corrected chi connectivity index (χ3v) is 2.95. The maximum Gasteiger partial charge on any atom is 0.345 e. The number of rotatable bonds is 5. The summed E-state index contributed by atoms with van der Waals surface area (Å²) < 4.78 is 15.3. The molecule has 110 valence electrons. The molecule has 2 aromatic rings. The van der Waals surface area contributed by atoms with Gasteiger partial charge in [0.05, 0.1) is 14.2 Å². The van der Waals surface area contributed by atoms with Crippen LogP contribution in [-0.2, 0) is 11.3 Å². The van der Waals surface area contributed by atoms with Crippen LogP contribution in [0.5, 0.6) is 17.2 Å². The Morgan fingerprint density at radius 3 is 2.43 bits per heavy atom. The molecule has 0 aliphatic heterocycles. The molecule has 0 fully saturated rings. The Balaban J connectivity index is 2.15. The molecule has 5 heteroatoms. The topological polar surface area (TPSA) is 65.0 Å². The Hall–Kier alpha value is -2.69. The van der Waals surface area contributed by atoms with Crippen LogP contribution in [0.15, 0.2) is 42.5 Å². The Kier molecular flexibility index (Phi) is 4.66. The monoisotopic (exact) mass is 288 g/mol. The summed E-state index contributed by atoms with van der Waals surface area (Å²) >= 11 is 0. The summed E-state index contributed by atoms with van der Waals surface area (Å²) in [6, 6.07) is 12.0. The summed E-state index contributed by atoms with van der Waals surface area (Å²) in [7, 11) is 2.85. The third-order valence-electron chi connectivity index (χ3n) is 2.95. The van der Waals surface area contributed by atoms with Crippen LogP contribution >= 0.6 is 0 Å². The maximum absolute atomic E-state index is 11.7. The predicted molar refractivity (Wildman–Crippen MR) is 76.8 cm³/mol. The number of carbonyl (C=O) groups excluding carboxylic acids is 1. The zero-order valence-corrected chi connectivity index (χ0v) is 11.8. The first-order chi connectivity index (χ1) is 10.2. The highest BCUT2D eigenvalue weighted by atomic mass is 16.5. The first-order valence-electron chi connectivity index (χ1n) is 6.31. The standard InChI is InChI=1S/C16H16O5/c1-19-12-8-6-11(7-9-12)10-21-14-5-3-4-13(17)15(14)16(18)20-2/h3-9,17H,10H2,1-2H3. The van der Waals surface area contributed by atoms with Gasteiger partial charge in [-0.3, -0.25) is 0 Å². The molecule has 2 aromatic carbocycles. The second-order valence-electron chi connectivity index (χ2n) is 4.28. The van der Waals surface area contributed by atoms with Gasteiger partial charge >= 0.3 is 5.97 Å². The van der Waals surface area contributed by atoms with E-state index in [4.69, 9.17) is 9.47 Å². The van der Waals surface area contributed by atoms with Crippen molar-refractivity contribution < 1.29 is 24.1 Å². The first-order valence-corrected chi connectivity index (χ1v) is 6.31. The van der Waals surface area contributed by atoms with E-state index >= 15 is 0 Å².